The number of halogens is 1. The zero-order chi connectivity index (χ0) is 12.5. The Kier molecular flexibility index (Phi) is 3.35. The van der Waals surface area contributed by atoms with Crippen LogP contribution in [0.1, 0.15) is 37.0 Å². The van der Waals surface area contributed by atoms with E-state index in [1.54, 1.807) is 24.5 Å². The third-order valence-electron chi connectivity index (χ3n) is 2.17. The van der Waals surface area contributed by atoms with E-state index in [2.05, 4.69) is 20.5 Å². The highest BCUT2D eigenvalue weighted by Crippen LogP contribution is 2.27. The summed E-state index contributed by atoms with van der Waals surface area (Å²) in [7, 11) is 0. The molecular weight excluding hydrogens is 260 g/mol. The molecular formula is C10H13ClN4OS. The number of hydrogen-bond acceptors (Lipinski definition) is 6. The zero-order valence-corrected chi connectivity index (χ0v) is 11.3. The molecule has 0 amide bonds. The first-order valence-corrected chi connectivity index (χ1v) is 6.46. The van der Waals surface area contributed by atoms with E-state index in [0.717, 1.165) is 5.01 Å². The van der Waals surface area contributed by atoms with Gasteiger partial charge in [0.05, 0.1) is 5.54 Å². The first kappa shape index (κ1) is 12.3. The quantitative estimate of drug-likeness (QED) is 0.866. The highest BCUT2D eigenvalue weighted by molar-refractivity contribution is 7.09. The fraction of sp³-hybridized carbons (Fsp3) is 0.500. The van der Waals surface area contributed by atoms with Crippen molar-refractivity contribution in [3.8, 4) is 0 Å². The molecule has 17 heavy (non-hydrogen) atoms. The Labute approximate surface area is 108 Å². The topological polar surface area (TPSA) is 63.8 Å². The summed E-state index contributed by atoms with van der Waals surface area (Å²) in [5.74, 6) is 0.407. The summed E-state index contributed by atoms with van der Waals surface area (Å²) in [6, 6.07) is 0.354. The maximum atomic E-state index is 5.85. The summed E-state index contributed by atoms with van der Waals surface area (Å²) < 4.78 is 5.39. The number of hydrogen-bond donors (Lipinski definition) is 1. The van der Waals surface area contributed by atoms with Gasteiger partial charge in [0.25, 0.3) is 0 Å². The zero-order valence-electron chi connectivity index (χ0n) is 9.77. The average Bonchev–Trinajstić information content (AvgIpc) is 2.85. The van der Waals surface area contributed by atoms with E-state index in [0.29, 0.717) is 11.9 Å². The lowest BCUT2D eigenvalue weighted by molar-refractivity contribution is 0.481. The summed E-state index contributed by atoms with van der Waals surface area (Å²) >= 11 is 7.43. The fourth-order valence-corrected chi connectivity index (χ4v) is 2.10. The molecule has 0 saturated heterocycles. The van der Waals surface area contributed by atoms with E-state index in [1.807, 2.05) is 19.2 Å². The van der Waals surface area contributed by atoms with Gasteiger partial charge in [-0.2, -0.15) is 0 Å². The van der Waals surface area contributed by atoms with Crippen LogP contribution >= 0.6 is 22.9 Å². The Balaban J connectivity index is 2.14. The molecule has 2 rings (SSSR count). The lowest BCUT2D eigenvalue weighted by Gasteiger charge is -2.21. The third kappa shape index (κ3) is 2.76. The summed E-state index contributed by atoms with van der Waals surface area (Å²) in [5, 5.41) is 13.5. The third-order valence-corrected chi connectivity index (χ3v) is 3.45. The lowest BCUT2D eigenvalue weighted by atomic mass is 10.1. The van der Waals surface area contributed by atoms with Gasteiger partial charge in [-0.05, 0) is 20.8 Å². The van der Waals surface area contributed by atoms with Crippen molar-refractivity contribution < 1.29 is 4.42 Å². The molecule has 0 aromatic carbocycles. The molecule has 92 valence electrons. The Morgan fingerprint density at radius 3 is 2.76 bits per heavy atom. The number of rotatable bonds is 4. The predicted octanol–water partition coefficient (Wildman–Crippen LogP) is 3.17. The standard InChI is InChI=1S/C10H13ClN4OS/c1-6(11)7-14-15-9(16-7)13-10(2,3)8-12-4-5-17-8/h4-6H,1-3H3,(H,13,15). The summed E-state index contributed by atoms with van der Waals surface area (Å²) in [4.78, 5) is 4.27. The van der Waals surface area contributed by atoms with Gasteiger partial charge in [-0.25, -0.2) is 4.98 Å². The van der Waals surface area contributed by atoms with Crippen molar-refractivity contribution in [2.45, 2.75) is 31.7 Å². The number of thiazole rings is 1. The smallest absolute Gasteiger partial charge is 0.316 e. The van der Waals surface area contributed by atoms with Gasteiger partial charge < -0.3 is 9.73 Å². The van der Waals surface area contributed by atoms with Crippen LogP contribution in [0.2, 0.25) is 0 Å². The first-order chi connectivity index (χ1) is 7.99. The Morgan fingerprint density at radius 2 is 2.24 bits per heavy atom. The number of nitrogens with one attached hydrogen (secondary N) is 1. The van der Waals surface area contributed by atoms with Crippen molar-refractivity contribution >= 4 is 29.0 Å². The first-order valence-electron chi connectivity index (χ1n) is 5.14. The van der Waals surface area contributed by atoms with Gasteiger partial charge in [-0.3, -0.25) is 0 Å². The van der Waals surface area contributed by atoms with Crippen molar-refractivity contribution in [3.05, 3.63) is 22.5 Å². The summed E-state index contributed by atoms with van der Waals surface area (Å²) in [5.41, 5.74) is -0.354. The van der Waals surface area contributed by atoms with Crippen molar-refractivity contribution in [3.63, 3.8) is 0 Å². The molecule has 7 heteroatoms. The molecule has 5 nitrogen and oxygen atoms in total. The molecule has 0 spiro atoms. The van der Waals surface area contributed by atoms with Crippen molar-refractivity contribution in [2.24, 2.45) is 0 Å². The van der Waals surface area contributed by atoms with Crippen molar-refractivity contribution in [2.75, 3.05) is 5.32 Å². The molecule has 0 aliphatic rings. The summed E-state index contributed by atoms with van der Waals surface area (Å²) in [6.45, 7) is 5.78. The lowest BCUT2D eigenvalue weighted by Crippen LogP contribution is -2.27. The predicted molar refractivity (Wildman–Crippen MR) is 67.3 cm³/mol. The minimum atomic E-state index is -0.354. The van der Waals surface area contributed by atoms with Crippen LogP contribution in [0, 0.1) is 0 Å². The molecule has 2 heterocycles. The van der Waals surface area contributed by atoms with Crippen LogP contribution in [0.15, 0.2) is 16.0 Å². The van der Waals surface area contributed by atoms with Crippen LogP contribution in [-0.4, -0.2) is 15.2 Å². The summed E-state index contributed by atoms with van der Waals surface area (Å²) in [6.07, 6.45) is 1.77. The molecule has 0 aliphatic heterocycles. The molecule has 1 N–H and O–H groups in total. The molecule has 1 atom stereocenters. The Hall–Kier alpha value is -1.14. The van der Waals surface area contributed by atoms with Crippen LogP contribution in [-0.2, 0) is 5.54 Å². The van der Waals surface area contributed by atoms with Crippen LogP contribution in [0.25, 0.3) is 0 Å². The maximum absolute atomic E-state index is 5.85. The van der Waals surface area contributed by atoms with E-state index in [1.165, 1.54) is 0 Å². The van der Waals surface area contributed by atoms with Crippen molar-refractivity contribution in [1.82, 2.24) is 15.2 Å². The molecule has 0 radical (unpaired) electrons. The van der Waals surface area contributed by atoms with Crippen LogP contribution in [0.4, 0.5) is 6.01 Å². The van der Waals surface area contributed by atoms with Crippen molar-refractivity contribution in [1.29, 1.82) is 0 Å². The number of anilines is 1. The second-order valence-corrected chi connectivity index (χ2v) is 5.70. The van der Waals surface area contributed by atoms with Gasteiger partial charge in [-0.1, -0.05) is 5.10 Å². The Bertz CT molecular complexity index is 480. The van der Waals surface area contributed by atoms with Crippen LogP contribution in [0.3, 0.4) is 0 Å². The van der Waals surface area contributed by atoms with Gasteiger partial charge in [0, 0.05) is 11.6 Å². The minimum absolute atomic E-state index is 0.291. The van der Waals surface area contributed by atoms with Crippen LogP contribution < -0.4 is 5.32 Å². The highest BCUT2D eigenvalue weighted by atomic mass is 35.5. The van der Waals surface area contributed by atoms with E-state index >= 15 is 0 Å². The second-order valence-electron chi connectivity index (χ2n) is 4.15. The molecule has 1 unspecified atom stereocenters. The molecule has 0 fully saturated rings. The monoisotopic (exact) mass is 272 g/mol. The largest absolute Gasteiger partial charge is 0.406 e. The van der Waals surface area contributed by atoms with Gasteiger partial charge in [-0.15, -0.1) is 28.0 Å². The Morgan fingerprint density at radius 1 is 1.47 bits per heavy atom. The fourth-order valence-electron chi connectivity index (χ4n) is 1.30. The minimum Gasteiger partial charge on any atom is -0.406 e. The van der Waals surface area contributed by atoms with E-state index in [4.69, 9.17) is 16.0 Å². The number of alkyl halides is 1. The number of aromatic nitrogens is 3. The van der Waals surface area contributed by atoms with Crippen LogP contribution in [0.5, 0.6) is 0 Å². The normalized spacial score (nSPS) is 13.6. The molecule has 0 bridgehead atoms. The van der Waals surface area contributed by atoms with Gasteiger partial charge in [0.15, 0.2) is 0 Å². The molecule has 2 aromatic rings. The SMILES string of the molecule is CC(Cl)c1nnc(NC(C)(C)c2nccs2)o1. The van der Waals surface area contributed by atoms with Gasteiger partial charge >= 0.3 is 6.01 Å². The van der Waals surface area contributed by atoms with E-state index in [-0.39, 0.29) is 10.9 Å². The second kappa shape index (κ2) is 4.62. The molecule has 0 aliphatic carbocycles. The van der Waals surface area contributed by atoms with E-state index < -0.39 is 0 Å². The number of nitrogens with zero attached hydrogens (tertiary/aromatic N) is 3. The molecule has 2 aromatic heterocycles. The maximum Gasteiger partial charge on any atom is 0.316 e. The highest BCUT2D eigenvalue weighted by Gasteiger charge is 2.25. The molecule has 0 saturated carbocycles. The van der Waals surface area contributed by atoms with Gasteiger partial charge in [0.1, 0.15) is 10.4 Å². The average molecular weight is 273 g/mol. The van der Waals surface area contributed by atoms with E-state index in [9.17, 15) is 0 Å². The van der Waals surface area contributed by atoms with Gasteiger partial charge in [0.2, 0.25) is 5.89 Å².